The lowest BCUT2D eigenvalue weighted by atomic mass is 10.2. The van der Waals surface area contributed by atoms with Crippen molar-refractivity contribution in [3.8, 4) is 0 Å². The summed E-state index contributed by atoms with van der Waals surface area (Å²) in [4.78, 5) is 23.9. The van der Waals surface area contributed by atoms with Crippen molar-refractivity contribution in [3.05, 3.63) is 24.3 Å². The van der Waals surface area contributed by atoms with Crippen molar-refractivity contribution >= 4 is 27.6 Å². The van der Waals surface area contributed by atoms with Crippen molar-refractivity contribution in [1.29, 1.82) is 0 Å². The number of benzene rings is 1. The second-order valence-corrected chi connectivity index (χ2v) is 8.20. The minimum absolute atomic E-state index is 0.154. The molecule has 0 aromatic heterocycles. The summed E-state index contributed by atoms with van der Waals surface area (Å²) in [5, 5.41) is 2.62. The van der Waals surface area contributed by atoms with Crippen molar-refractivity contribution in [2.45, 2.75) is 44.1 Å². The molecule has 0 spiro atoms. The fraction of sp³-hybridized carbons (Fsp3) is 0.556. The third kappa shape index (κ3) is 6.02. The van der Waals surface area contributed by atoms with Crippen LogP contribution in [0.15, 0.2) is 29.2 Å². The fourth-order valence-corrected chi connectivity index (χ4v) is 3.93. The zero-order valence-electron chi connectivity index (χ0n) is 15.6. The third-order valence-electron chi connectivity index (χ3n) is 4.14. The number of esters is 1. The average molecular weight is 398 g/mol. The van der Waals surface area contributed by atoms with Gasteiger partial charge in [-0.15, -0.1) is 0 Å². The number of carbonyl (C=O) groups is 2. The van der Waals surface area contributed by atoms with Crippen LogP contribution in [0.25, 0.3) is 0 Å². The predicted octanol–water partition coefficient (Wildman–Crippen LogP) is 1.77. The van der Waals surface area contributed by atoms with Crippen LogP contribution in [-0.2, 0) is 29.1 Å². The highest BCUT2D eigenvalue weighted by Gasteiger charge is 2.26. The number of nitrogens with one attached hydrogen (secondary N) is 1. The Morgan fingerprint density at radius 2 is 1.85 bits per heavy atom. The van der Waals surface area contributed by atoms with E-state index < -0.39 is 28.0 Å². The van der Waals surface area contributed by atoms with Gasteiger partial charge in [0, 0.05) is 25.2 Å². The summed E-state index contributed by atoms with van der Waals surface area (Å²) >= 11 is 0. The Morgan fingerprint density at radius 3 is 2.44 bits per heavy atom. The minimum atomic E-state index is -3.58. The van der Waals surface area contributed by atoms with Gasteiger partial charge in [0.05, 0.1) is 18.1 Å². The maximum Gasteiger partial charge on any atom is 0.306 e. The zero-order valence-corrected chi connectivity index (χ0v) is 16.5. The maximum absolute atomic E-state index is 12.6. The molecule has 27 heavy (non-hydrogen) atoms. The van der Waals surface area contributed by atoms with Gasteiger partial charge in [-0.2, -0.15) is 4.31 Å². The molecule has 1 N–H and O–H groups in total. The quantitative estimate of drug-likeness (QED) is 0.670. The first-order valence-corrected chi connectivity index (χ1v) is 10.5. The topological polar surface area (TPSA) is 102 Å². The van der Waals surface area contributed by atoms with E-state index in [4.69, 9.17) is 9.47 Å². The van der Waals surface area contributed by atoms with E-state index in [-0.39, 0.29) is 11.3 Å². The van der Waals surface area contributed by atoms with E-state index in [9.17, 15) is 18.0 Å². The predicted molar refractivity (Wildman–Crippen MR) is 99.7 cm³/mol. The summed E-state index contributed by atoms with van der Waals surface area (Å²) in [6, 6.07) is 5.91. The van der Waals surface area contributed by atoms with Crippen LogP contribution >= 0.6 is 0 Å². The number of hydrogen-bond acceptors (Lipinski definition) is 6. The zero-order chi connectivity index (χ0) is 19.9. The monoisotopic (exact) mass is 398 g/mol. The Morgan fingerprint density at radius 1 is 1.22 bits per heavy atom. The van der Waals surface area contributed by atoms with Gasteiger partial charge < -0.3 is 14.8 Å². The van der Waals surface area contributed by atoms with E-state index >= 15 is 0 Å². The fourth-order valence-electron chi connectivity index (χ4n) is 2.52. The summed E-state index contributed by atoms with van der Waals surface area (Å²) in [5.74, 6) is -0.880. The number of amides is 1. The number of nitrogens with zero attached hydrogens (tertiary/aromatic N) is 1. The van der Waals surface area contributed by atoms with E-state index in [1.54, 1.807) is 0 Å². The van der Waals surface area contributed by atoms with Crippen LogP contribution in [0.4, 0.5) is 5.69 Å². The third-order valence-corrected chi connectivity index (χ3v) is 6.05. The first-order chi connectivity index (χ1) is 12.8. The van der Waals surface area contributed by atoms with Gasteiger partial charge in [0.1, 0.15) is 0 Å². The van der Waals surface area contributed by atoms with Gasteiger partial charge in [0.2, 0.25) is 10.0 Å². The van der Waals surface area contributed by atoms with E-state index in [1.165, 1.54) is 35.5 Å². The number of anilines is 1. The molecule has 1 saturated heterocycles. The number of hydrogen-bond donors (Lipinski definition) is 1. The largest absolute Gasteiger partial charge is 0.453 e. The van der Waals surface area contributed by atoms with Crippen molar-refractivity contribution < 1.29 is 27.5 Å². The van der Waals surface area contributed by atoms with E-state index in [1.807, 2.05) is 6.92 Å². The molecular weight excluding hydrogens is 372 g/mol. The first-order valence-electron chi connectivity index (χ1n) is 9.03. The first kappa shape index (κ1) is 21.3. The number of ether oxygens (including phenoxy) is 2. The van der Waals surface area contributed by atoms with Crippen LogP contribution in [0.3, 0.4) is 0 Å². The van der Waals surface area contributed by atoms with Crippen LogP contribution < -0.4 is 5.32 Å². The van der Waals surface area contributed by atoms with Crippen molar-refractivity contribution in [2.75, 3.05) is 31.6 Å². The second-order valence-electron chi connectivity index (χ2n) is 6.27. The number of morpholine rings is 1. The van der Waals surface area contributed by atoms with Crippen molar-refractivity contribution in [2.24, 2.45) is 0 Å². The lowest BCUT2D eigenvalue weighted by Crippen LogP contribution is -2.40. The Kier molecular flexibility index (Phi) is 7.76. The van der Waals surface area contributed by atoms with Crippen molar-refractivity contribution in [1.82, 2.24) is 4.31 Å². The van der Waals surface area contributed by atoms with Gasteiger partial charge >= 0.3 is 5.97 Å². The number of rotatable bonds is 8. The Labute approximate surface area is 159 Å². The Hall–Kier alpha value is -1.97. The minimum Gasteiger partial charge on any atom is -0.453 e. The lowest BCUT2D eigenvalue weighted by molar-refractivity contribution is -0.153. The molecule has 2 rings (SSSR count). The number of carbonyl (C=O) groups excluding carboxylic acids is 2. The van der Waals surface area contributed by atoms with E-state index in [2.05, 4.69) is 5.32 Å². The van der Waals surface area contributed by atoms with Gasteiger partial charge in [-0.25, -0.2) is 8.42 Å². The standard InChI is InChI=1S/C18H26N2O6S/c1-3-4-5-17(21)26-14(2)18(22)19-15-6-8-16(9-7-15)27(23,24)20-10-12-25-13-11-20/h6-9,14H,3-5,10-13H2,1-2H3,(H,19,22)/t14-/m1/s1. The SMILES string of the molecule is CCCCC(=O)O[C@H](C)C(=O)Nc1ccc(S(=O)(=O)N2CCOCC2)cc1. The maximum atomic E-state index is 12.6. The molecule has 9 heteroatoms. The van der Waals surface area contributed by atoms with Crippen molar-refractivity contribution in [3.63, 3.8) is 0 Å². The summed E-state index contributed by atoms with van der Waals surface area (Å²) in [6.45, 7) is 4.86. The van der Waals surface area contributed by atoms with Gasteiger partial charge in [-0.3, -0.25) is 9.59 Å². The summed E-state index contributed by atoms with van der Waals surface area (Å²) in [6.07, 6.45) is 0.940. The second kappa shape index (κ2) is 9.82. The molecule has 1 fully saturated rings. The Balaban J connectivity index is 1.94. The summed E-state index contributed by atoms with van der Waals surface area (Å²) in [7, 11) is -3.58. The van der Waals surface area contributed by atoms with E-state index in [0.717, 1.165) is 6.42 Å². The molecule has 0 bridgehead atoms. The molecule has 1 aliphatic rings. The average Bonchev–Trinajstić information content (AvgIpc) is 2.67. The van der Waals surface area contributed by atoms with Crippen LogP contribution in [0, 0.1) is 0 Å². The molecule has 1 aromatic rings. The molecule has 1 aliphatic heterocycles. The smallest absolute Gasteiger partial charge is 0.306 e. The molecule has 0 radical (unpaired) electrons. The molecule has 1 amide bonds. The molecule has 1 atom stereocenters. The molecule has 150 valence electrons. The van der Waals surface area contributed by atoms with E-state index in [0.29, 0.717) is 38.4 Å². The Bertz CT molecular complexity index is 742. The molecule has 0 aliphatic carbocycles. The summed E-state index contributed by atoms with van der Waals surface area (Å²) in [5.41, 5.74) is 0.428. The van der Waals surface area contributed by atoms with Gasteiger partial charge in [0.25, 0.3) is 5.91 Å². The lowest BCUT2D eigenvalue weighted by Gasteiger charge is -2.26. The van der Waals surface area contributed by atoms with Gasteiger partial charge in [-0.1, -0.05) is 13.3 Å². The highest BCUT2D eigenvalue weighted by molar-refractivity contribution is 7.89. The highest BCUT2D eigenvalue weighted by Crippen LogP contribution is 2.19. The number of unbranched alkanes of at least 4 members (excludes halogenated alkanes) is 1. The molecule has 1 aromatic carbocycles. The van der Waals surface area contributed by atoms with Crippen LogP contribution in [0.2, 0.25) is 0 Å². The molecule has 8 nitrogen and oxygen atoms in total. The molecule has 0 saturated carbocycles. The van der Waals surface area contributed by atoms with Gasteiger partial charge in [0.15, 0.2) is 6.10 Å². The highest BCUT2D eigenvalue weighted by atomic mass is 32.2. The van der Waals surface area contributed by atoms with Crippen LogP contribution in [0.1, 0.15) is 33.1 Å². The van der Waals surface area contributed by atoms with Crippen LogP contribution in [-0.4, -0.2) is 57.0 Å². The molecular formula is C18H26N2O6S. The molecule has 1 heterocycles. The van der Waals surface area contributed by atoms with Crippen LogP contribution in [0.5, 0.6) is 0 Å². The normalized spacial score (nSPS) is 16.5. The van der Waals surface area contributed by atoms with Gasteiger partial charge in [-0.05, 0) is 37.6 Å². The molecule has 0 unspecified atom stereocenters. The number of sulfonamides is 1. The summed E-state index contributed by atoms with van der Waals surface area (Å²) < 4.78 is 36.8.